The van der Waals surface area contributed by atoms with Crippen LogP contribution in [0.25, 0.3) is 11.3 Å². The van der Waals surface area contributed by atoms with Gasteiger partial charge in [0.25, 0.3) is 0 Å². The number of sulfonamides is 1. The van der Waals surface area contributed by atoms with Crippen molar-refractivity contribution in [2.75, 3.05) is 31.1 Å². The molecule has 0 bridgehead atoms. The van der Waals surface area contributed by atoms with E-state index in [4.69, 9.17) is 4.98 Å². The van der Waals surface area contributed by atoms with Crippen LogP contribution in [0.4, 0.5) is 5.13 Å². The van der Waals surface area contributed by atoms with Crippen LogP contribution in [0.3, 0.4) is 0 Å². The molecular formula is C22H25N3O2S2. The van der Waals surface area contributed by atoms with Crippen molar-refractivity contribution in [3.05, 3.63) is 65.0 Å². The molecule has 1 aliphatic heterocycles. The third-order valence-corrected chi connectivity index (χ3v) is 8.13. The molecule has 0 aliphatic carbocycles. The van der Waals surface area contributed by atoms with Crippen LogP contribution < -0.4 is 4.90 Å². The Morgan fingerprint density at radius 3 is 2.24 bits per heavy atom. The topological polar surface area (TPSA) is 53.5 Å². The van der Waals surface area contributed by atoms with Crippen molar-refractivity contribution >= 4 is 26.5 Å². The molecule has 0 spiro atoms. The summed E-state index contributed by atoms with van der Waals surface area (Å²) in [5, 5.41) is 3.03. The molecule has 2 heterocycles. The molecule has 0 radical (unpaired) electrons. The number of thiazole rings is 1. The van der Waals surface area contributed by atoms with Gasteiger partial charge >= 0.3 is 0 Å². The van der Waals surface area contributed by atoms with E-state index in [-0.39, 0.29) is 0 Å². The Kier molecular flexibility index (Phi) is 5.72. The number of benzene rings is 2. The lowest BCUT2D eigenvalue weighted by Crippen LogP contribution is -2.48. The van der Waals surface area contributed by atoms with E-state index in [1.54, 1.807) is 27.8 Å². The van der Waals surface area contributed by atoms with Crippen LogP contribution in [0, 0.1) is 6.92 Å². The zero-order valence-electron chi connectivity index (χ0n) is 16.7. The molecule has 0 amide bonds. The summed E-state index contributed by atoms with van der Waals surface area (Å²) in [5.74, 6) is 0. The smallest absolute Gasteiger partial charge is 0.243 e. The average molecular weight is 428 g/mol. The van der Waals surface area contributed by atoms with E-state index in [9.17, 15) is 8.42 Å². The van der Waals surface area contributed by atoms with Gasteiger partial charge in [0.1, 0.15) is 0 Å². The van der Waals surface area contributed by atoms with Crippen molar-refractivity contribution in [3.8, 4) is 11.3 Å². The summed E-state index contributed by atoms with van der Waals surface area (Å²) in [6.45, 7) is 6.33. The third-order valence-electron chi connectivity index (χ3n) is 5.32. The molecule has 1 aliphatic rings. The summed E-state index contributed by atoms with van der Waals surface area (Å²) < 4.78 is 27.3. The summed E-state index contributed by atoms with van der Waals surface area (Å²) >= 11 is 1.61. The van der Waals surface area contributed by atoms with E-state index in [1.165, 1.54) is 5.56 Å². The normalized spacial score (nSPS) is 15.6. The standard InChI is InChI=1S/C22H25N3O2S2/c1-3-18-6-8-19(9-7-18)21-16-28-22(23-21)24-12-14-25(15-13-24)29(26,27)20-10-4-17(2)5-11-20/h4-11,16H,3,12-15H2,1-2H3. The largest absolute Gasteiger partial charge is 0.345 e. The fourth-order valence-electron chi connectivity index (χ4n) is 3.43. The molecular weight excluding hydrogens is 402 g/mol. The van der Waals surface area contributed by atoms with Gasteiger partial charge in [-0.1, -0.05) is 48.9 Å². The lowest BCUT2D eigenvalue weighted by atomic mass is 10.1. The fourth-order valence-corrected chi connectivity index (χ4v) is 5.74. The first kappa shape index (κ1) is 20.1. The van der Waals surface area contributed by atoms with Gasteiger partial charge in [0.2, 0.25) is 10.0 Å². The first-order chi connectivity index (χ1) is 14.0. The van der Waals surface area contributed by atoms with Crippen molar-refractivity contribution in [1.82, 2.24) is 9.29 Å². The van der Waals surface area contributed by atoms with E-state index in [1.807, 2.05) is 19.1 Å². The lowest BCUT2D eigenvalue weighted by molar-refractivity contribution is 0.385. The number of piperazine rings is 1. The van der Waals surface area contributed by atoms with Gasteiger partial charge in [-0.25, -0.2) is 13.4 Å². The van der Waals surface area contributed by atoms with Gasteiger partial charge in [-0.3, -0.25) is 0 Å². The van der Waals surface area contributed by atoms with Gasteiger partial charge in [-0.2, -0.15) is 4.31 Å². The zero-order valence-corrected chi connectivity index (χ0v) is 18.3. The Labute approximate surface area is 176 Å². The molecule has 152 valence electrons. The highest BCUT2D eigenvalue weighted by atomic mass is 32.2. The number of aryl methyl sites for hydroxylation is 2. The van der Waals surface area contributed by atoms with E-state index >= 15 is 0 Å². The average Bonchev–Trinajstić information content (AvgIpc) is 3.24. The predicted molar refractivity (Wildman–Crippen MR) is 119 cm³/mol. The Balaban J connectivity index is 1.43. The number of anilines is 1. The first-order valence-electron chi connectivity index (χ1n) is 9.84. The molecule has 0 N–H and O–H groups in total. The van der Waals surface area contributed by atoms with Crippen LogP contribution in [0.2, 0.25) is 0 Å². The molecule has 5 nitrogen and oxygen atoms in total. The Hall–Kier alpha value is -2.22. The van der Waals surface area contributed by atoms with E-state index in [0.717, 1.165) is 28.4 Å². The van der Waals surface area contributed by atoms with Crippen molar-refractivity contribution in [2.24, 2.45) is 0 Å². The van der Waals surface area contributed by atoms with Crippen LogP contribution in [-0.4, -0.2) is 43.9 Å². The minimum absolute atomic E-state index is 0.364. The molecule has 0 unspecified atom stereocenters. The lowest BCUT2D eigenvalue weighted by Gasteiger charge is -2.33. The van der Waals surface area contributed by atoms with Crippen LogP contribution in [-0.2, 0) is 16.4 Å². The number of hydrogen-bond donors (Lipinski definition) is 0. The van der Waals surface area contributed by atoms with Crippen molar-refractivity contribution in [2.45, 2.75) is 25.2 Å². The minimum Gasteiger partial charge on any atom is -0.345 e. The summed E-state index contributed by atoms with van der Waals surface area (Å²) in [4.78, 5) is 7.33. The molecule has 1 fully saturated rings. The maximum absolute atomic E-state index is 12.9. The molecule has 1 aromatic heterocycles. The Morgan fingerprint density at radius 1 is 0.966 bits per heavy atom. The quantitative estimate of drug-likeness (QED) is 0.613. The van der Waals surface area contributed by atoms with E-state index in [0.29, 0.717) is 31.1 Å². The number of hydrogen-bond acceptors (Lipinski definition) is 5. The molecule has 3 aromatic rings. The molecule has 2 aromatic carbocycles. The fraction of sp³-hybridized carbons (Fsp3) is 0.318. The van der Waals surface area contributed by atoms with Crippen molar-refractivity contribution in [1.29, 1.82) is 0 Å². The van der Waals surface area contributed by atoms with Gasteiger partial charge in [-0.05, 0) is 31.0 Å². The molecule has 29 heavy (non-hydrogen) atoms. The second-order valence-electron chi connectivity index (χ2n) is 7.27. The van der Waals surface area contributed by atoms with E-state index < -0.39 is 10.0 Å². The van der Waals surface area contributed by atoms with Gasteiger partial charge in [0.05, 0.1) is 10.6 Å². The van der Waals surface area contributed by atoms with Crippen LogP contribution in [0.1, 0.15) is 18.1 Å². The predicted octanol–water partition coefficient (Wildman–Crippen LogP) is 4.19. The van der Waals surface area contributed by atoms with Gasteiger partial charge in [0.15, 0.2) is 5.13 Å². The van der Waals surface area contributed by atoms with Gasteiger partial charge in [-0.15, -0.1) is 11.3 Å². The second-order valence-corrected chi connectivity index (χ2v) is 10.0. The summed E-state index contributed by atoms with van der Waals surface area (Å²) in [7, 11) is -3.44. The Morgan fingerprint density at radius 2 is 1.62 bits per heavy atom. The monoisotopic (exact) mass is 427 g/mol. The summed E-state index contributed by atoms with van der Waals surface area (Å²) in [6, 6.07) is 15.6. The highest BCUT2D eigenvalue weighted by Crippen LogP contribution is 2.29. The second kappa shape index (κ2) is 8.26. The molecule has 1 saturated heterocycles. The number of aromatic nitrogens is 1. The number of rotatable bonds is 5. The maximum Gasteiger partial charge on any atom is 0.243 e. The number of nitrogens with zero attached hydrogens (tertiary/aromatic N) is 3. The molecule has 0 saturated carbocycles. The van der Waals surface area contributed by atoms with Crippen LogP contribution in [0.15, 0.2) is 58.8 Å². The van der Waals surface area contributed by atoms with Crippen LogP contribution >= 0.6 is 11.3 Å². The van der Waals surface area contributed by atoms with Crippen molar-refractivity contribution < 1.29 is 8.42 Å². The third kappa shape index (κ3) is 4.22. The zero-order chi connectivity index (χ0) is 20.4. The SMILES string of the molecule is CCc1ccc(-c2csc(N3CCN(S(=O)(=O)c4ccc(C)cc4)CC3)n2)cc1. The maximum atomic E-state index is 12.9. The minimum atomic E-state index is -3.44. The van der Waals surface area contributed by atoms with Crippen LogP contribution in [0.5, 0.6) is 0 Å². The van der Waals surface area contributed by atoms with Crippen molar-refractivity contribution in [3.63, 3.8) is 0 Å². The van der Waals surface area contributed by atoms with Gasteiger partial charge in [0, 0.05) is 37.1 Å². The highest BCUT2D eigenvalue weighted by molar-refractivity contribution is 7.89. The molecule has 7 heteroatoms. The Bertz CT molecular complexity index is 1070. The molecule has 4 rings (SSSR count). The molecule has 0 atom stereocenters. The van der Waals surface area contributed by atoms with Gasteiger partial charge < -0.3 is 4.90 Å². The highest BCUT2D eigenvalue weighted by Gasteiger charge is 2.29. The van der Waals surface area contributed by atoms with E-state index in [2.05, 4.69) is 41.5 Å². The summed E-state index contributed by atoms with van der Waals surface area (Å²) in [6.07, 6.45) is 1.03. The summed E-state index contributed by atoms with van der Waals surface area (Å²) in [5.41, 5.74) is 4.46. The first-order valence-corrected chi connectivity index (χ1v) is 12.2.